The van der Waals surface area contributed by atoms with E-state index in [0.717, 1.165) is 0 Å². The third kappa shape index (κ3) is 13.6. The van der Waals surface area contributed by atoms with Crippen LogP contribution in [0.2, 0.25) is 0 Å². The molecule has 5 heterocycles. The highest BCUT2D eigenvalue weighted by molar-refractivity contribution is 5.97. The van der Waals surface area contributed by atoms with Gasteiger partial charge < -0.3 is 102 Å². The molecule has 0 radical (unpaired) electrons. The van der Waals surface area contributed by atoms with Crippen molar-refractivity contribution in [3.8, 4) is 0 Å². The highest BCUT2D eigenvalue weighted by atomic mass is 16.6. The standard InChI is InChI=1S/C52H80N10O19/c1-26(67)57-38-41(71)49(4,22-77-24-51(6)36(53)39(69)47(2,21-76-8)31(17-63)80-51)33(19-65)81-52(38,7)25-78-23-48(3)32(18-64)79-50(5,20-66)37(40(48)70)60-34(68)14-13-30(45(74)75)59-43(72)27-9-11-28(12-10-27)55-15-29-16-56-42-35(58-29)44(73)62-46(54)61-42/h9-12,16,30-33,36-41,55,63-66,69-71H,13-15,17-25,53H2,1-8H3,(H,57,67)(H,59,72)(H,60,68)(H,74,75)(H3,54,56,61,62,73)/t30?,31?,32?,33?,36?,37?,38?,39-,40-,41-,47+,48+,49-,50+,51+,52-/m0/s1. The summed E-state index contributed by atoms with van der Waals surface area (Å²) in [6.07, 6.45) is -7.09. The molecule has 0 spiro atoms. The Bertz CT molecular complexity index is 2750. The van der Waals surface area contributed by atoms with Gasteiger partial charge in [-0.2, -0.15) is 4.98 Å². The van der Waals surface area contributed by atoms with Crippen LogP contribution >= 0.6 is 0 Å². The number of H-pyrrole nitrogens is 1. The molecule has 17 N–H and O–H groups in total. The molecule has 0 bridgehead atoms. The van der Waals surface area contributed by atoms with E-state index < -0.39 is 176 Å². The Hall–Kier alpha value is -5.64. The molecule has 29 nitrogen and oxygen atoms in total. The summed E-state index contributed by atoms with van der Waals surface area (Å²) in [6.45, 7) is 6.77. The van der Waals surface area contributed by atoms with Gasteiger partial charge in [0.15, 0.2) is 11.2 Å². The fourth-order valence-corrected chi connectivity index (χ4v) is 11.0. The first-order valence-electron chi connectivity index (χ1n) is 26.4. The summed E-state index contributed by atoms with van der Waals surface area (Å²) < 4.78 is 36.7. The van der Waals surface area contributed by atoms with E-state index in [-0.39, 0.29) is 49.0 Å². The van der Waals surface area contributed by atoms with Crippen LogP contribution in [0.1, 0.15) is 77.4 Å². The van der Waals surface area contributed by atoms with E-state index in [2.05, 4.69) is 41.2 Å². The van der Waals surface area contributed by atoms with E-state index in [1.165, 1.54) is 53.1 Å². The number of carboxylic acid groups (broad SMARTS) is 1. The number of amides is 3. The van der Waals surface area contributed by atoms with Gasteiger partial charge in [0.25, 0.3) is 11.5 Å². The lowest BCUT2D eigenvalue weighted by Crippen LogP contribution is -2.74. The number of nitrogens with two attached hydrogens (primary N) is 2. The average molecular weight is 1150 g/mol. The second-order valence-electron chi connectivity index (χ2n) is 22.8. The van der Waals surface area contributed by atoms with Gasteiger partial charge in [0.1, 0.15) is 22.8 Å². The normalized spacial score (nSPS) is 34.5. The molecule has 1 aromatic carbocycles. The number of rotatable bonds is 25. The number of aromatic amines is 1. The molecule has 3 saturated heterocycles. The molecule has 81 heavy (non-hydrogen) atoms. The molecular weight excluding hydrogens is 1070 g/mol. The number of nitrogen functional groups attached to an aromatic ring is 1. The molecule has 16 atom stereocenters. The van der Waals surface area contributed by atoms with Crippen LogP contribution < -0.4 is 38.3 Å². The summed E-state index contributed by atoms with van der Waals surface area (Å²) in [5.74, 6) is -3.65. The lowest BCUT2D eigenvalue weighted by atomic mass is 9.69. The van der Waals surface area contributed by atoms with Gasteiger partial charge in [-0.05, 0) is 51.5 Å². The van der Waals surface area contributed by atoms with Crippen molar-refractivity contribution in [3.63, 3.8) is 0 Å². The maximum atomic E-state index is 13.7. The minimum absolute atomic E-state index is 0.00166. The summed E-state index contributed by atoms with van der Waals surface area (Å²) in [7, 11) is 1.45. The second kappa shape index (κ2) is 25.9. The zero-order chi connectivity index (χ0) is 60.0. The molecule has 0 aliphatic carbocycles. The summed E-state index contributed by atoms with van der Waals surface area (Å²) in [6, 6.07) is 0.791. The highest BCUT2D eigenvalue weighted by Crippen LogP contribution is 2.46. The highest BCUT2D eigenvalue weighted by Gasteiger charge is 2.62. The molecule has 7 unspecified atom stereocenters. The van der Waals surface area contributed by atoms with Crippen molar-refractivity contribution >= 4 is 46.5 Å². The van der Waals surface area contributed by atoms with Gasteiger partial charge in [0, 0.05) is 48.0 Å². The molecule has 3 amide bonds. The Kier molecular flexibility index (Phi) is 20.6. The van der Waals surface area contributed by atoms with E-state index >= 15 is 0 Å². The third-order valence-corrected chi connectivity index (χ3v) is 16.4. The summed E-state index contributed by atoms with van der Waals surface area (Å²) in [5.41, 5.74) is 3.92. The zero-order valence-corrected chi connectivity index (χ0v) is 46.7. The van der Waals surface area contributed by atoms with Crippen molar-refractivity contribution < 1.29 is 88.5 Å². The van der Waals surface area contributed by atoms with Crippen LogP contribution in [-0.2, 0) is 49.3 Å². The fraction of sp³-hybridized carbons (Fsp3) is 0.692. The number of carbonyl (C=O) groups is 4. The van der Waals surface area contributed by atoms with Gasteiger partial charge in [-0.1, -0.05) is 20.8 Å². The number of ether oxygens (including phenoxy) is 6. The largest absolute Gasteiger partial charge is 0.480 e. The quantitative estimate of drug-likeness (QED) is 0.0390. The topological polar surface area (TPSA) is 457 Å². The van der Waals surface area contributed by atoms with Gasteiger partial charge in [-0.15, -0.1) is 0 Å². The van der Waals surface area contributed by atoms with E-state index in [9.17, 15) is 64.8 Å². The average Bonchev–Trinajstić information content (AvgIpc) is 3.60. The van der Waals surface area contributed by atoms with Crippen molar-refractivity contribution in [1.82, 2.24) is 35.9 Å². The predicted molar refractivity (Wildman–Crippen MR) is 286 cm³/mol. The number of aliphatic carboxylic acids is 1. The van der Waals surface area contributed by atoms with Crippen LogP contribution in [0.15, 0.2) is 35.3 Å². The number of aliphatic hydroxyl groups excluding tert-OH is 7. The molecule has 3 aromatic rings. The molecule has 3 aliphatic heterocycles. The van der Waals surface area contributed by atoms with Crippen molar-refractivity contribution in [3.05, 3.63) is 52.1 Å². The van der Waals surface area contributed by atoms with Gasteiger partial charge >= 0.3 is 5.97 Å². The van der Waals surface area contributed by atoms with Crippen LogP contribution in [0.5, 0.6) is 0 Å². The Morgan fingerprint density at radius 3 is 1.81 bits per heavy atom. The number of carboxylic acids is 1. The van der Waals surface area contributed by atoms with E-state index in [1.807, 2.05) is 0 Å². The van der Waals surface area contributed by atoms with Gasteiger partial charge in [0.2, 0.25) is 17.8 Å². The van der Waals surface area contributed by atoms with Crippen molar-refractivity contribution in [2.45, 2.75) is 145 Å². The van der Waals surface area contributed by atoms with Gasteiger partial charge in [0.05, 0.1) is 133 Å². The first-order valence-corrected chi connectivity index (χ1v) is 26.4. The predicted octanol–water partition coefficient (Wildman–Crippen LogP) is -3.59. The molecule has 2 aromatic heterocycles. The number of benzene rings is 1. The smallest absolute Gasteiger partial charge is 0.326 e. The monoisotopic (exact) mass is 1150 g/mol. The molecule has 29 heteroatoms. The van der Waals surface area contributed by atoms with Crippen LogP contribution in [-0.4, -0.2) is 229 Å². The molecule has 3 fully saturated rings. The number of methoxy groups -OCH3 is 1. The first kappa shape index (κ1) is 64.5. The molecular formula is C52H80N10O19. The number of carbonyl (C=O) groups excluding carboxylic acids is 3. The number of aromatic nitrogens is 4. The number of aliphatic hydroxyl groups is 7. The van der Waals surface area contributed by atoms with E-state index in [4.69, 9.17) is 39.9 Å². The summed E-state index contributed by atoms with van der Waals surface area (Å²) >= 11 is 0. The number of hydrogen-bond acceptors (Lipinski definition) is 24. The lowest BCUT2D eigenvalue weighted by molar-refractivity contribution is -0.290. The van der Waals surface area contributed by atoms with Crippen molar-refractivity contribution in [2.24, 2.45) is 22.0 Å². The Labute approximate surface area is 466 Å². The maximum Gasteiger partial charge on any atom is 0.326 e. The zero-order valence-electron chi connectivity index (χ0n) is 46.7. The van der Waals surface area contributed by atoms with Crippen molar-refractivity contribution in [2.75, 3.05) is 77.6 Å². The van der Waals surface area contributed by atoms with Gasteiger partial charge in [-0.25, -0.2) is 14.8 Å². The van der Waals surface area contributed by atoms with Gasteiger partial charge in [-0.3, -0.25) is 24.2 Å². The summed E-state index contributed by atoms with van der Waals surface area (Å²) in [4.78, 5) is 79.0. The number of anilines is 2. The minimum atomic E-state index is -1.71. The Morgan fingerprint density at radius 1 is 0.753 bits per heavy atom. The molecule has 3 aliphatic rings. The molecule has 452 valence electrons. The summed E-state index contributed by atoms with van der Waals surface area (Å²) in [5, 5.41) is 98.8. The van der Waals surface area contributed by atoms with Crippen LogP contribution in [0.4, 0.5) is 11.6 Å². The van der Waals surface area contributed by atoms with E-state index in [0.29, 0.717) is 11.4 Å². The third-order valence-electron chi connectivity index (χ3n) is 16.4. The minimum Gasteiger partial charge on any atom is -0.480 e. The van der Waals surface area contributed by atoms with Crippen LogP contribution in [0.25, 0.3) is 11.2 Å². The number of nitrogens with zero attached hydrogens (tertiary/aromatic N) is 3. The SMILES string of the molecule is COC[C@]1(C)C(CO)O[C@](C)(COC[C@@]2(C)C(CO)O[C@@](C)(COC[C@]3(C)C(CO)O[C@](C)(CO)C(NC(=O)CCC(NC(=O)c4ccc(NCc5cnc6nc(N)[nH]c(=O)c6n5)cc4)C(=O)O)[C@@H]3O)C(NC(C)=O)[C@@H]2O)C(N)[C@@H]1O. The maximum absolute atomic E-state index is 13.7. The number of fused-ring (bicyclic) bond motifs is 1. The number of nitrogens with one attached hydrogen (secondary N) is 5. The number of hydrogen-bond donors (Lipinski definition) is 15. The Balaban J connectivity index is 1.08. The molecule has 0 saturated carbocycles. The Morgan fingerprint density at radius 2 is 1.28 bits per heavy atom. The lowest BCUT2D eigenvalue weighted by Gasteiger charge is -2.57. The fourth-order valence-electron chi connectivity index (χ4n) is 11.0. The first-order chi connectivity index (χ1) is 38.0. The van der Waals surface area contributed by atoms with Crippen LogP contribution in [0, 0.1) is 16.2 Å². The van der Waals surface area contributed by atoms with E-state index in [1.54, 1.807) is 32.9 Å². The second-order valence-corrected chi connectivity index (χ2v) is 22.8. The van der Waals surface area contributed by atoms with Crippen molar-refractivity contribution in [1.29, 1.82) is 0 Å². The van der Waals surface area contributed by atoms with Crippen LogP contribution in [0.3, 0.4) is 0 Å². The molecule has 6 rings (SSSR count).